The minimum Gasteiger partial charge on any atom is -0.365 e. The first-order valence-electron chi connectivity index (χ1n) is 8.22. The number of hydrazone groups is 1. The maximum atomic E-state index is 12.2. The molecule has 0 heterocycles. The zero-order valence-electron chi connectivity index (χ0n) is 14.4. The van der Waals surface area contributed by atoms with Gasteiger partial charge in [0.25, 0.3) is 5.91 Å². The molecule has 0 spiro atoms. The van der Waals surface area contributed by atoms with Crippen molar-refractivity contribution in [1.82, 2.24) is 5.43 Å². The van der Waals surface area contributed by atoms with Crippen molar-refractivity contribution < 1.29 is 4.79 Å². The Kier molecular flexibility index (Phi) is 5.09. The second-order valence-corrected chi connectivity index (χ2v) is 5.95. The third kappa shape index (κ3) is 4.04. The third-order valence-electron chi connectivity index (χ3n) is 4.11. The number of benzene rings is 3. The van der Waals surface area contributed by atoms with E-state index in [1.807, 2.05) is 73.5 Å². The lowest BCUT2D eigenvalue weighted by molar-refractivity contribution is -0.119. The lowest BCUT2D eigenvalue weighted by atomic mass is 10.0. The Balaban J connectivity index is 1.69. The molecular formula is C21H21N3O. The summed E-state index contributed by atoms with van der Waals surface area (Å²) in [6.45, 7) is 2.15. The van der Waals surface area contributed by atoms with Crippen LogP contribution in [0.5, 0.6) is 0 Å². The number of likely N-dealkylation sites (N-methyl/N-ethyl adjacent to an activating group) is 1. The Morgan fingerprint density at radius 1 is 0.960 bits per heavy atom. The summed E-state index contributed by atoms with van der Waals surface area (Å²) < 4.78 is 0. The first kappa shape index (κ1) is 16.7. The molecule has 3 aromatic carbocycles. The Labute approximate surface area is 147 Å². The van der Waals surface area contributed by atoms with Crippen molar-refractivity contribution in [3.8, 4) is 0 Å². The van der Waals surface area contributed by atoms with Gasteiger partial charge in [0.15, 0.2) is 0 Å². The first-order chi connectivity index (χ1) is 12.1. The van der Waals surface area contributed by atoms with Crippen molar-refractivity contribution in [3.05, 3.63) is 78.4 Å². The summed E-state index contributed by atoms with van der Waals surface area (Å²) in [5.41, 5.74) is 5.45. The minimum atomic E-state index is -0.147. The van der Waals surface area contributed by atoms with Gasteiger partial charge in [0.05, 0.1) is 12.3 Å². The molecule has 3 aromatic rings. The van der Waals surface area contributed by atoms with Gasteiger partial charge < -0.3 is 4.90 Å². The molecule has 0 bridgehead atoms. The highest BCUT2D eigenvalue weighted by molar-refractivity contribution is 6.09. The summed E-state index contributed by atoms with van der Waals surface area (Å²) in [6.07, 6.45) is 0. The number of carbonyl (C=O) groups excluding carboxylic acids is 1. The molecule has 0 aromatic heterocycles. The molecule has 0 radical (unpaired) electrons. The molecule has 1 N–H and O–H groups in total. The minimum absolute atomic E-state index is 0.147. The van der Waals surface area contributed by atoms with Crippen LogP contribution in [0, 0.1) is 0 Å². The largest absolute Gasteiger partial charge is 0.365 e. The fraction of sp³-hybridized carbons (Fsp3) is 0.143. The van der Waals surface area contributed by atoms with Crippen LogP contribution < -0.4 is 10.3 Å². The van der Waals surface area contributed by atoms with Gasteiger partial charge in [0.1, 0.15) is 0 Å². The molecule has 0 atom stereocenters. The van der Waals surface area contributed by atoms with Crippen molar-refractivity contribution >= 4 is 28.1 Å². The Morgan fingerprint density at radius 2 is 1.64 bits per heavy atom. The zero-order valence-corrected chi connectivity index (χ0v) is 14.4. The molecule has 0 aliphatic heterocycles. The van der Waals surface area contributed by atoms with Gasteiger partial charge in [-0.2, -0.15) is 5.10 Å². The first-order valence-corrected chi connectivity index (χ1v) is 8.22. The molecule has 126 valence electrons. The number of nitrogens with zero attached hydrogens (tertiary/aromatic N) is 2. The van der Waals surface area contributed by atoms with Gasteiger partial charge in [-0.1, -0.05) is 60.7 Å². The molecular weight excluding hydrogens is 310 g/mol. The average Bonchev–Trinajstić information content (AvgIpc) is 2.66. The van der Waals surface area contributed by atoms with E-state index in [1.165, 1.54) is 0 Å². The quantitative estimate of drug-likeness (QED) is 0.571. The second kappa shape index (κ2) is 7.62. The van der Waals surface area contributed by atoms with Gasteiger partial charge in [-0.3, -0.25) is 4.79 Å². The van der Waals surface area contributed by atoms with Crippen LogP contribution in [0.1, 0.15) is 12.5 Å². The maximum absolute atomic E-state index is 12.2. The molecule has 0 aliphatic rings. The normalized spacial score (nSPS) is 11.4. The van der Waals surface area contributed by atoms with Crippen molar-refractivity contribution in [1.29, 1.82) is 0 Å². The predicted molar refractivity (Wildman–Crippen MR) is 104 cm³/mol. The summed E-state index contributed by atoms with van der Waals surface area (Å²) >= 11 is 0. The maximum Gasteiger partial charge on any atom is 0.259 e. The van der Waals surface area contributed by atoms with Gasteiger partial charge in [-0.15, -0.1) is 0 Å². The second-order valence-electron chi connectivity index (χ2n) is 5.95. The van der Waals surface area contributed by atoms with Crippen molar-refractivity contribution in [3.63, 3.8) is 0 Å². The van der Waals surface area contributed by atoms with Crippen LogP contribution in [0.15, 0.2) is 77.9 Å². The van der Waals surface area contributed by atoms with E-state index in [0.717, 1.165) is 27.7 Å². The topological polar surface area (TPSA) is 44.7 Å². The SMILES string of the molecule is CC(=NNC(=O)CN(C)c1ccccc1)c1cccc2ccccc12. The molecule has 1 amide bonds. The van der Waals surface area contributed by atoms with Crippen LogP contribution in [-0.2, 0) is 4.79 Å². The van der Waals surface area contributed by atoms with Crippen molar-refractivity contribution in [2.45, 2.75) is 6.92 Å². The van der Waals surface area contributed by atoms with Crippen LogP contribution >= 0.6 is 0 Å². The van der Waals surface area contributed by atoms with E-state index >= 15 is 0 Å². The monoisotopic (exact) mass is 331 g/mol. The summed E-state index contributed by atoms with van der Waals surface area (Å²) in [5, 5.41) is 6.57. The average molecular weight is 331 g/mol. The number of para-hydroxylation sites is 1. The highest BCUT2D eigenvalue weighted by Gasteiger charge is 2.08. The molecule has 25 heavy (non-hydrogen) atoms. The van der Waals surface area contributed by atoms with Crippen molar-refractivity contribution in [2.75, 3.05) is 18.5 Å². The molecule has 4 nitrogen and oxygen atoms in total. The number of nitrogens with one attached hydrogen (secondary N) is 1. The van der Waals surface area contributed by atoms with Crippen LogP contribution in [0.25, 0.3) is 10.8 Å². The highest BCUT2D eigenvalue weighted by atomic mass is 16.2. The van der Waals surface area contributed by atoms with E-state index in [9.17, 15) is 4.79 Å². The molecule has 0 unspecified atom stereocenters. The highest BCUT2D eigenvalue weighted by Crippen LogP contribution is 2.19. The van der Waals surface area contributed by atoms with E-state index in [1.54, 1.807) is 0 Å². The van der Waals surface area contributed by atoms with Gasteiger partial charge in [-0.05, 0) is 29.8 Å². The number of carbonyl (C=O) groups is 1. The molecule has 0 saturated heterocycles. The van der Waals surface area contributed by atoms with Crippen molar-refractivity contribution in [2.24, 2.45) is 5.10 Å². The number of rotatable bonds is 5. The Hall–Kier alpha value is -3.14. The Morgan fingerprint density at radius 3 is 2.44 bits per heavy atom. The van der Waals surface area contributed by atoms with E-state index in [0.29, 0.717) is 0 Å². The van der Waals surface area contributed by atoms with Gasteiger partial charge >= 0.3 is 0 Å². The molecule has 0 fully saturated rings. The number of hydrogen-bond donors (Lipinski definition) is 1. The molecule has 3 rings (SSSR count). The third-order valence-corrected chi connectivity index (χ3v) is 4.11. The molecule has 4 heteroatoms. The van der Waals surface area contributed by atoms with E-state index in [-0.39, 0.29) is 12.5 Å². The number of anilines is 1. The van der Waals surface area contributed by atoms with E-state index in [2.05, 4.69) is 28.7 Å². The number of amides is 1. The number of hydrogen-bond acceptors (Lipinski definition) is 3. The molecule has 0 aliphatic carbocycles. The van der Waals surface area contributed by atoms with Gasteiger partial charge in [0, 0.05) is 18.3 Å². The van der Waals surface area contributed by atoms with E-state index in [4.69, 9.17) is 0 Å². The van der Waals surface area contributed by atoms with Crippen LogP contribution in [-0.4, -0.2) is 25.2 Å². The predicted octanol–water partition coefficient (Wildman–Crippen LogP) is 3.82. The number of fused-ring (bicyclic) bond motifs is 1. The molecule has 0 saturated carbocycles. The Bertz CT molecular complexity index is 898. The van der Waals surface area contributed by atoms with Gasteiger partial charge in [0.2, 0.25) is 0 Å². The van der Waals surface area contributed by atoms with E-state index < -0.39 is 0 Å². The van der Waals surface area contributed by atoms with Crippen LogP contribution in [0.4, 0.5) is 5.69 Å². The van der Waals surface area contributed by atoms with Gasteiger partial charge in [-0.25, -0.2) is 5.43 Å². The zero-order chi connectivity index (χ0) is 17.6. The smallest absolute Gasteiger partial charge is 0.259 e. The fourth-order valence-corrected chi connectivity index (χ4v) is 2.77. The lowest BCUT2D eigenvalue weighted by Gasteiger charge is -2.17. The van der Waals surface area contributed by atoms with Crippen LogP contribution in [0.3, 0.4) is 0 Å². The summed E-state index contributed by atoms with van der Waals surface area (Å²) in [4.78, 5) is 14.1. The summed E-state index contributed by atoms with van der Waals surface area (Å²) in [6, 6.07) is 24.0. The summed E-state index contributed by atoms with van der Waals surface area (Å²) in [7, 11) is 1.89. The fourth-order valence-electron chi connectivity index (χ4n) is 2.77. The standard InChI is InChI=1S/C21H21N3O/c1-16(19-14-8-10-17-9-6-7-13-20(17)19)22-23-21(25)15-24(2)18-11-4-3-5-12-18/h3-14H,15H2,1-2H3,(H,23,25). The lowest BCUT2D eigenvalue weighted by Crippen LogP contribution is -2.33. The summed E-state index contributed by atoms with van der Waals surface area (Å²) in [5.74, 6) is -0.147. The van der Waals surface area contributed by atoms with Crippen LogP contribution in [0.2, 0.25) is 0 Å².